The van der Waals surface area contributed by atoms with Gasteiger partial charge in [-0.25, -0.2) is 29.3 Å². The molecule has 30 heavy (non-hydrogen) atoms. The molecule has 0 amide bonds. The molecule has 11 heteroatoms. The van der Waals surface area contributed by atoms with E-state index in [0.29, 0.717) is 0 Å². The predicted molar refractivity (Wildman–Crippen MR) is 103 cm³/mol. The van der Waals surface area contributed by atoms with Gasteiger partial charge in [0, 0.05) is 0 Å². The molecule has 3 aromatic heterocycles. The number of aromatic carboxylic acids is 3. The molecule has 0 atom stereocenters. The van der Waals surface area contributed by atoms with E-state index in [-0.39, 0.29) is 63.7 Å². The summed E-state index contributed by atoms with van der Waals surface area (Å²) in [7, 11) is 0. The van der Waals surface area contributed by atoms with Crippen LogP contribution in [0.2, 0.25) is 0 Å². The summed E-state index contributed by atoms with van der Waals surface area (Å²) in [6.07, 6.45) is 0. The van der Waals surface area contributed by atoms with Crippen LogP contribution >= 0.6 is 0 Å². The van der Waals surface area contributed by atoms with Crippen LogP contribution in [0.5, 0.6) is 0 Å². The molecule has 0 aliphatic rings. The number of aliphatic hydroxyl groups is 1. The van der Waals surface area contributed by atoms with Gasteiger partial charge in [-0.15, -0.1) is 0 Å². The van der Waals surface area contributed by atoms with Crippen molar-refractivity contribution in [3.8, 4) is 0 Å². The number of rotatable bonds is 6. The second kappa shape index (κ2) is 9.09. The van der Waals surface area contributed by atoms with Crippen molar-refractivity contribution >= 4 is 47.5 Å². The minimum atomic E-state index is -2.32. The molecule has 0 unspecified atom stereocenters. The van der Waals surface area contributed by atoms with E-state index in [1.54, 1.807) is 0 Å². The van der Waals surface area contributed by atoms with Crippen molar-refractivity contribution in [2.24, 2.45) is 0 Å². The van der Waals surface area contributed by atoms with Gasteiger partial charge >= 0.3 is 47.5 Å². The quantitative estimate of drug-likeness (QED) is 0.415. The SMILES string of the molecule is O=C(O)c1cccc(C(O)(c2cccc(C(=O)O)n2)c2cccc(C(=O)O)n2)n1.[NaH]. The zero-order valence-corrected chi connectivity index (χ0v) is 14.6. The molecule has 4 N–H and O–H groups in total. The summed E-state index contributed by atoms with van der Waals surface area (Å²) in [5.74, 6) is -4.06. The second-order valence-electron chi connectivity index (χ2n) is 5.85. The number of nitrogens with zero attached hydrogens (tertiary/aromatic N) is 3. The topological polar surface area (TPSA) is 171 Å². The number of pyridine rings is 3. The molecule has 0 bridgehead atoms. The number of carboxylic acids is 3. The van der Waals surface area contributed by atoms with Gasteiger partial charge in [-0.05, 0) is 36.4 Å². The third kappa shape index (κ3) is 4.36. The van der Waals surface area contributed by atoms with E-state index >= 15 is 0 Å². The van der Waals surface area contributed by atoms with Gasteiger partial charge in [0.2, 0.25) is 0 Å². The first-order chi connectivity index (χ1) is 13.7. The van der Waals surface area contributed by atoms with Crippen molar-refractivity contribution in [3.05, 3.63) is 88.8 Å². The van der Waals surface area contributed by atoms with Gasteiger partial charge in [-0.1, -0.05) is 18.2 Å². The molecular weight excluding hydrogens is 405 g/mol. The molecule has 0 radical (unpaired) electrons. The van der Waals surface area contributed by atoms with Crippen molar-refractivity contribution in [2.45, 2.75) is 5.60 Å². The van der Waals surface area contributed by atoms with Crippen molar-refractivity contribution in [3.63, 3.8) is 0 Å². The normalized spacial score (nSPS) is 10.7. The Balaban J connectivity index is 0.00000320. The van der Waals surface area contributed by atoms with Crippen LogP contribution in [-0.4, -0.2) is 82.8 Å². The summed E-state index contributed by atoms with van der Waals surface area (Å²) in [6, 6.07) is 11.5. The summed E-state index contributed by atoms with van der Waals surface area (Å²) in [4.78, 5) is 45.7. The van der Waals surface area contributed by atoms with Gasteiger partial charge in [0.25, 0.3) is 0 Å². The molecule has 0 spiro atoms. The molecule has 0 aromatic carbocycles. The van der Waals surface area contributed by atoms with Crippen molar-refractivity contribution in [1.29, 1.82) is 0 Å². The van der Waals surface area contributed by atoms with E-state index in [9.17, 15) is 34.8 Å². The Kier molecular flexibility index (Phi) is 7.00. The number of carbonyl (C=O) groups is 3. The van der Waals surface area contributed by atoms with Gasteiger partial charge in [0.15, 0.2) is 5.60 Å². The van der Waals surface area contributed by atoms with E-state index < -0.39 is 23.5 Å². The Morgan fingerprint density at radius 2 is 0.867 bits per heavy atom. The van der Waals surface area contributed by atoms with Gasteiger partial charge < -0.3 is 20.4 Å². The van der Waals surface area contributed by atoms with Gasteiger partial charge in [0.1, 0.15) is 17.1 Å². The molecule has 3 heterocycles. The van der Waals surface area contributed by atoms with E-state index in [0.717, 1.165) is 0 Å². The molecule has 3 rings (SSSR count). The summed E-state index contributed by atoms with van der Waals surface area (Å²) in [6.45, 7) is 0. The summed E-state index contributed by atoms with van der Waals surface area (Å²) < 4.78 is 0. The standard InChI is InChI=1S/C19H13N3O7.Na.H/c23-16(24)10-4-1-7-13(20-10)19(29,14-8-2-5-11(21-14)17(25)26)15-9-3-6-12(22-15)18(27)28;;/h1-9,29H,(H,23,24)(H,25,26)(H,27,28);;. The average Bonchev–Trinajstić information content (AvgIpc) is 2.73. The Morgan fingerprint density at radius 3 is 1.10 bits per heavy atom. The second-order valence-corrected chi connectivity index (χ2v) is 5.85. The molecule has 0 aliphatic heterocycles. The zero-order chi connectivity index (χ0) is 21.2. The Labute approximate surface area is 191 Å². The van der Waals surface area contributed by atoms with Crippen LogP contribution < -0.4 is 0 Å². The first-order valence-electron chi connectivity index (χ1n) is 8.08. The summed E-state index contributed by atoms with van der Waals surface area (Å²) in [5, 5.41) is 39.2. The summed E-state index contributed by atoms with van der Waals surface area (Å²) in [5.41, 5.74) is -4.13. The predicted octanol–water partition coefficient (Wildman–Crippen LogP) is 0.602. The molecule has 0 fully saturated rings. The number of carboxylic acid groups (broad SMARTS) is 3. The molecule has 0 saturated carbocycles. The summed E-state index contributed by atoms with van der Waals surface area (Å²) >= 11 is 0. The van der Waals surface area contributed by atoms with Crippen LogP contribution in [0.3, 0.4) is 0 Å². The van der Waals surface area contributed by atoms with Crippen molar-refractivity contribution in [1.82, 2.24) is 15.0 Å². The molecule has 3 aromatic rings. The van der Waals surface area contributed by atoms with Crippen LogP contribution in [0, 0.1) is 0 Å². The third-order valence-corrected chi connectivity index (χ3v) is 4.02. The Morgan fingerprint density at radius 1 is 0.600 bits per heavy atom. The molecule has 0 saturated heterocycles. The fourth-order valence-electron chi connectivity index (χ4n) is 2.66. The molecule has 148 valence electrons. The maximum atomic E-state index is 11.6. The van der Waals surface area contributed by atoms with Crippen LogP contribution in [-0.2, 0) is 5.60 Å². The Hall–Kier alpha value is -3.18. The zero-order valence-electron chi connectivity index (χ0n) is 14.6. The Bertz CT molecular complexity index is 997. The molecule has 0 aliphatic carbocycles. The number of hydrogen-bond donors (Lipinski definition) is 4. The maximum absolute atomic E-state index is 11.6. The number of hydrogen-bond acceptors (Lipinski definition) is 7. The van der Waals surface area contributed by atoms with Gasteiger partial charge in [-0.3, -0.25) is 0 Å². The van der Waals surface area contributed by atoms with Crippen molar-refractivity contribution < 1.29 is 34.8 Å². The third-order valence-electron chi connectivity index (χ3n) is 4.02. The van der Waals surface area contributed by atoms with Gasteiger partial charge in [-0.2, -0.15) is 0 Å². The fraction of sp³-hybridized carbons (Fsp3) is 0.0526. The minimum absolute atomic E-state index is 0. The fourth-order valence-corrected chi connectivity index (χ4v) is 2.66. The first-order valence-corrected chi connectivity index (χ1v) is 8.08. The number of aromatic nitrogens is 3. The van der Waals surface area contributed by atoms with Crippen LogP contribution in [0.15, 0.2) is 54.6 Å². The monoisotopic (exact) mass is 419 g/mol. The van der Waals surface area contributed by atoms with Crippen LogP contribution in [0.25, 0.3) is 0 Å². The molecular formula is C19H14N3NaO7. The van der Waals surface area contributed by atoms with Crippen molar-refractivity contribution in [2.75, 3.05) is 0 Å². The van der Waals surface area contributed by atoms with E-state index in [2.05, 4.69) is 15.0 Å². The van der Waals surface area contributed by atoms with Gasteiger partial charge in [0.05, 0.1) is 17.1 Å². The first kappa shape index (κ1) is 23.1. The van der Waals surface area contributed by atoms with E-state index in [1.807, 2.05) is 0 Å². The van der Waals surface area contributed by atoms with E-state index in [1.165, 1.54) is 54.6 Å². The van der Waals surface area contributed by atoms with E-state index in [4.69, 9.17) is 0 Å². The average molecular weight is 419 g/mol. The van der Waals surface area contributed by atoms with Crippen LogP contribution in [0.1, 0.15) is 48.5 Å². The molecule has 10 nitrogen and oxygen atoms in total. The van der Waals surface area contributed by atoms with Crippen LogP contribution in [0.4, 0.5) is 0 Å².